The highest BCUT2D eigenvalue weighted by molar-refractivity contribution is 7.37. The van der Waals surface area contributed by atoms with Crippen molar-refractivity contribution in [3.63, 3.8) is 0 Å². The van der Waals surface area contributed by atoms with Crippen LogP contribution in [0, 0.1) is 0 Å². The topological polar surface area (TPSA) is 12.4 Å². The largest absolute Gasteiger partial charge is 0.289 e. The monoisotopic (exact) mass is 107 g/mol. The molecule has 0 saturated heterocycles. The van der Waals surface area contributed by atoms with Crippen molar-refractivity contribution in [1.29, 1.82) is 0 Å². The Morgan fingerprint density at radius 3 is 2.40 bits per heavy atom. The molecule has 30 valence electrons. The Bertz CT molecular complexity index is 34.6. The molecule has 0 N–H and O–H groups in total. The van der Waals surface area contributed by atoms with E-state index in [1.165, 1.54) is 0 Å². The van der Waals surface area contributed by atoms with Crippen LogP contribution in [0.3, 0.4) is 0 Å². The Morgan fingerprint density at radius 2 is 2.40 bits per heavy atom. The van der Waals surface area contributed by atoms with Gasteiger partial charge in [0.2, 0.25) is 0 Å². The van der Waals surface area contributed by atoms with E-state index in [-0.39, 0.29) is 0 Å². The number of hydrogen-bond donors (Lipinski definition) is 0. The van der Waals surface area contributed by atoms with Gasteiger partial charge in [-0.1, -0.05) is 9.24 Å². The molecule has 0 aromatic heterocycles. The first-order valence-corrected chi connectivity index (χ1v) is 2.80. The molecular formula is C2H7NP2. The van der Waals surface area contributed by atoms with Crippen molar-refractivity contribution < 1.29 is 0 Å². The molecule has 0 aliphatic heterocycles. The smallest absolute Gasteiger partial charge is 0.0528 e. The molecule has 0 aliphatic rings. The fourth-order valence-electron chi connectivity index (χ4n) is 0.0609. The zero-order chi connectivity index (χ0) is 4.12. The second-order valence-corrected chi connectivity index (χ2v) is 1.18. The minimum atomic E-state index is 0.809. The summed E-state index contributed by atoms with van der Waals surface area (Å²) < 4.78 is 0. The molecule has 0 spiro atoms. The predicted molar refractivity (Wildman–Crippen MR) is 32.8 cm³/mol. The van der Waals surface area contributed by atoms with Crippen molar-refractivity contribution in [2.45, 2.75) is 0 Å². The Morgan fingerprint density at radius 1 is 1.80 bits per heavy atom. The van der Waals surface area contributed by atoms with E-state index in [0.29, 0.717) is 0 Å². The van der Waals surface area contributed by atoms with Crippen LogP contribution in [0.1, 0.15) is 0 Å². The maximum atomic E-state index is 3.77. The Balaban J connectivity index is 2.62. The van der Waals surface area contributed by atoms with E-state index >= 15 is 0 Å². The third-order valence-electron chi connectivity index (χ3n) is 0.211. The summed E-state index contributed by atoms with van der Waals surface area (Å²) in [6.45, 7) is 0. The van der Waals surface area contributed by atoms with Crippen LogP contribution in [-0.2, 0) is 0 Å². The summed E-state index contributed by atoms with van der Waals surface area (Å²) in [5.74, 6) is 1.70. The van der Waals surface area contributed by atoms with Crippen molar-refractivity contribution >= 4 is 24.4 Å². The zero-order valence-corrected chi connectivity index (χ0v) is 5.20. The summed E-state index contributed by atoms with van der Waals surface area (Å²) in [5.41, 5.74) is 0. The van der Waals surface area contributed by atoms with Crippen LogP contribution in [0.5, 0.6) is 0 Å². The fraction of sp³-hybridized carbons (Fsp3) is 0.500. The molecule has 0 aromatic carbocycles. The maximum Gasteiger partial charge on any atom is 0.0528 e. The number of hydrogen-bond acceptors (Lipinski definition) is 1. The van der Waals surface area contributed by atoms with Crippen LogP contribution in [-0.4, -0.2) is 12.2 Å². The van der Waals surface area contributed by atoms with E-state index in [9.17, 15) is 0 Å². The highest BCUT2D eigenvalue weighted by Crippen LogP contribution is 1.79. The van der Waals surface area contributed by atoms with Gasteiger partial charge >= 0.3 is 0 Å². The minimum Gasteiger partial charge on any atom is -0.289 e. The first-order chi connectivity index (χ1) is 2.41. The molecule has 2 atom stereocenters. The molecule has 0 radical (unpaired) electrons. The molecule has 0 amide bonds. The van der Waals surface area contributed by atoms with Gasteiger partial charge in [0.25, 0.3) is 0 Å². The third-order valence-corrected chi connectivity index (χ3v) is 0.632. The van der Waals surface area contributed by atoms with Gasteiger partial charge in [0, 0.05) is 5.96 Å². The number of aliphatic imine (C=N–C) groups is 1. The highest BCUT2D eigenvalue weighted by atomic mass is 31.0. The normalized spacial score (nSPS) is 10.0. The van der Waals surface area contributed by atoms with E-state index in [1.807, 2.05) is 0 Å². The van der Waals surface area contributed by atoms with Crippen LogP contribution < -0.4 is 0 Å². The van der Waals surface area contributed by atoms with E-state index in [2.05, 4.69) is 23.5 Å². The second kappa shape index (κ2) is 4.53. The molecule has 0 rings (SSSR count). The number of nitrogens with zero attached hydrogens (tertiary/aromatic N) is 1. The van der Waals surface area contributed by atoms with Crippen molar-refractivity contribution in [2.24, 2.45) is 4.99 Å². The average Bonchev–Trinajstić information content (AvgIpc) is 1.41. The molecule has 1 nitrogen and oxygen atoms in total. The first-order valence-electron chi connectivity index (χ1n) is 1.32. The Kier molecular flexibility index (Phi) is 5.01. The van der Waals surface area contributed by atoms with Crippen LogP contribution in [0.25, 0.3) is 0 Å². The molecule has 0 saturated carbocycles. The second-order valence-electron chi connectivity index (χ2n) is 0.514. The molecule has 0 heterocycles. The van der Waals surface area contributed by atoms with Gasteiger partial charge in [0.1, 0.15) is 0 Å². The van der Waals surface area contributed by atoms with Crippen molar-refractivity contribution in [3.8, 4) is 0 Å². The lowest BCUT2D eigenvalue weighted by molar-refractivity contribution is 1.42. The quantitative estimate of drug-likeness (QED) is 0.346. The van der Waals surface area contributed by atoms with Crippen LogP contribution in [0.2, 0.25) is 0 Å². The average molecular weight is 107 g/mol. The summed E-state index contributed by atoms with van der Waals surface area (Å²) in [5, 5.41) is 0. The lowest BCUT2D eigenvalue weighted by Crippen LogP contribution is -1.53. The van der Waals surface area contributed by atoms with Gasteiger partial charge in [-0.2, -0.15) is 0 Å². The molecule has 0 aromatic rings. The third kappa shape index (κ3) is 4.53. The van der Waals surface area contributed by atoms with Gasteiger partial charge in [-0.3, -0.25) is 4.99 Å². The van der Waals surface area contributed by atoms with E-state index in [4.69, 9.17) is 0 Å². The molecular weight excluding hydrogens is 100.0 g/mol. The van der Waals surface area contributed by atoms with Gasteiger partial charge in [-0.25, -0.2) is 0 Å². The molecule has 5 heavy (non-hydrogen) atoms. The number of rotatable bonds is 1. The van der Waals surface area contributed by atoms with Gasteiger partial charge in [0.15, 0.2) is 0 Å². The fourth-order valence-corrected chi connectivity index (χ4v) is 0.548. The van der Waals surface area contributed by atoms with Crippen LogP contribution in [0.4, 0.5) is 0 Å². The maximum absolute atomic E-state index is 3.77. The Hall–Kier alpha value is 0.530. The van der Waals surface area contributed by atoms with Crippen LogP contribution >= 0.6 is 18.5 Å². The molecule has 3 heteroatoms. The zero-order valence-electron chi connectivity index (χ0n) is 2.89. The SMILES string of the molecule is PC=NCP. The molecule has 0 fully saturated rings. The van der Waals surface area contributed by atoms with E-state index in [1.54, 1.807) is 5.96 Å². The predicted octanol–water partition coefficient (Wildman–Crippen LogP) is 0.722. The summed E-state index contributed by atoms with van der Waals surface area (Å²) in [4.78, 5) is 3.77. The van der Waals surface area contributed by atoms with E-state index in [0.717, 1.165) is 6.29 Å². The lowest BCUT2D eigenvalue weighted by atomic mass is 11.4. The first kappa shape index (κ1) is 5.53. The Labute approximate surface area is 36.7 Å². The minimum absolute atomic E-state index is 0.809. The van der Waals surface area contributed by atoms with Gasteiger partial charge < -0.3 is 0 Å². The standard InChI is InChI=1S/C2H7NP2/c4-1-3-2-5/h1H,2,4-5H2. The molecule has 0 bridgehead atoms. The van der Waals surface area contributed by atoms with Crippen molar-refractivity contribution in [3.05, 3.63) is 0 Å². The van der Waals surface area contributed by atoms with Crippen molar-refractivity contribution in [1.82, 2.24) is 0 Å². The summed E-state index contributed by atoms with van der Waals surface area (Å²) in [6.07, 6.45) is 0.809. The molecule has 0 aliphatic carbocycles. The van der Waals surface area contributed by atoms with Crippen LogP contribution in [0.15, 0.2) is 4.99 Å². The van der Waals surface area contributed by atoms with Gasteiger partial charge in [-0.05, 0) is 0 Å². The summed E-state index contributed by atoms with van der Waals surface area (Å²) >= 11 is 0. The highest BCUT2D eigenvalue weighted by Gasteiger charge is 1.50. The lowest BCUT2D eigenvalue weighted by Gasteiger charge is -1.68. The van der Waals surface area contributed by atoms with Gasteiger partial charge in [-0.15, -0.1) is 9.24 Å². The molecule has 2 unspecified atom stereocenters. The van der Waals surface area contributed by atoms with E-state index < -0.39 is 0 Å². The van der Waals surface area contributed by atoms with Crippen molar-refractivity contribution in [2.75, 3.05) is 6.29 Å². The summed E-state index contributed by atoms with van der Waals surface area (Å²) in [6, 6.07) is 0. The summed E-state index contributed by atoms with van der Waals surface area (Å²) in [7, 11) is 4.88. The van der Waals surface area contributed by atoms with Gasteiger partial charge in [0.05, 0.1) is 6.29 Å².